The van der Waals surface area contributed by atoms with Gasteiger partial charge in [-0.15, -0.1) is 45.3 Å². The van der Waals surface area contributed by atoms with Gasteiger partial charge in [-0.2, -0.15) is 0 Å². The Labute approximate surface area is 297 Å². The fraction of sp³-hybridized carbons (Fsp3) is 0. The number of hydrogen-bond donors (Lipinski definition) is 0. The lowest BCUT2D eigenvalue weighted by atomic mass is 10.1. The Balaban J connectivity index is 1.16. The van der Waals surface area contributed by atoms with E-state index in [1.807, 2.05) is 34.0 Å². The van der Waals surface area contributed by atoms with Gasteiger partial charge in [0.15, 0.2) is 0 Å². The molecule has 0 saturated heterocycles. The Morgan fingerprint density at radius 1 is 0.388 bits per heavy atom. The Hall–Kier alpha value is -5.11. The van der Waals surface area contributed by atoms with Crippen LogP contribution in [0.5, 0.6) is 0 Å². The van der Waals surface area contributed by atoms with Crippen LogP contribution in [0, 0.1) is 0 Å². The van der Waals surface area contributed by atoms with Gasteiger partial charge in [-0.3, -0.25) is 0 Å². The van der Waals surface area contributed by atoms with Crippen LogP contribution in [0.25, 0.3) is 81.3 Å². The summed E-state index contributed by atoms with van der Waals surface area (Å²) in [4.78, 5) is 7.53. The molecule has 0 unspecified atom stereocenters. The SMILES string of the molecule is c1ccc(-c2nc3ccc4sc5ccc(N(c6ccc7c(c6)sc6ccccc67)c6ccc7sc8ccccc8c7c6)cc5c4c3s2)cc1. The maximum atomic E-state index is 5.08. The topological polar surface area (TPSA) is 16.1 Å². The highest BCUT2D eigenvalue weighted by Crippen LogP contribution is 2.47. The molecule has 7 aromatic carbocycles. The maximum Gasteiger partial charge on any atom is 0.124 e. The summed E-state index contributed by atoms with van der Waals surface area (Å²) in [6.07, 6.45) is 0. The Kier molecular flexibility index (Phi) is 6.07. The molecule has 0 spiro atoms. The van der Waals surface area contributed by atoms with Crippen molar-refractivity contribution < 1.29 is 0 Å². The van der Waals surface area contributed by atoms with Crippen LogP contribution in [-0.4, -0.2) is 4.98 Å². The summed E-state index contributed by atoms with van der Waals surface area (Å²) in [5.74, 6) is 0. The predicted molar refractivity (Wildman–Crippen MR) is 218 cm³/mol. The van der Waals surface area contributed by atoms with E-state index in [1.54, 1.807) is 11.3 Å². The average Bonchev–Trinajstić information content (AvgIpc) is 3.92. The number of nitrogens with zero attached hydrogens (tertiary/aromatic N) is 2. The van der Waals surface area contributed by atoms with Gasteiger partial charge >= 0.3 is 0 Å². The zero-order valence-electron chi connectivity index (χ0n) is 25.9. The van der Waals surface area contributed by atoms with E-state index in [2.05, 4.69) is 150 Å². The van der Waals surface area contributed by atoms with E-state index < -0.39 is 0 Å². The van der Waals surface area contributed by atoms with Gasteiger partial charge < -0.3 is 4.90 Å². The van der Waals surface area contributed by atoms with E-state index in [0.29, 0.717) is 0 Å². The summed E-state index contributed by atoms with van der Waals surface area (Å²) in [5, 5.41) is 8.89. The number of thiophene rings is 3. The van der Waals surface area contributed by atoms with Gasteiger partial charge in [0.05, 0.1) is 10.2 Å². The van der Waals surface area contributed by atoms with Crippen molar-refractivity contribution >= 4 is 133 Å². The highest BCUT2D eigenvalue weighted by atomic mass is 32.1. The van der Waals surface area contributed by atoms with Gasteiger partial charge in [0, 0.05) is 83.1 Å². The molecule has 11 rings (SSSR count). The number of hydrogen-bond acceptors (Lipinski definition) is 6. The third-order valence-electron chi connectivity index (χ3n) is 9.49. The van der Waals surface area contributed by atoms with Gasteiger partial charge in [0.25, 0.3) is 0 Å². The molecule has 0 aliphatic heterocycles. The molecular formula is C43H24N2S4. The first-order valence-corrected chi connectivity index (χ1v) is 19.5. The molecule has 0 aliphatic rings. The molecule has 0 aliphatic carbocycles. The second kappa shape index (κ2) is 10.7. The quantitative estimate of drug-likeness (QED) is 0.182. The molecule has 0 amide bonds. The number of aromatic nitrogens is 1. The van der Waals surface area contributed by atoms with Crippen molar-refractivity contribution in [3.05, 3.63) is 146 Å². The maximum absolute atomic E-state index is 5.08. The second-order valence-electron chi connectivity index (χ2n) is 12.3. The van der Waals surface area contributed by atoms with Crippen molar-refractivity contribution in [2.75, 3.05) is 4.90 Å². The highest BCUT2D eigenvalue weighted by Gasteiger charge is 2.19. The van der Waals surface area contributed by atoms with Crippen LogP contribution in [0.1, 0.15) is 0 Å². The molecule has 4 heterocycles. The number of anilines is 3. The van der Waals surface area contributed by atoms with Crippen LogP contribution in [-0.2, 0) is 0 Å². The Morgan fingerprint density at radius 2 is 0.939 bits per heavy atom. The summed E-state index contributed by atoms with van der Waals surface area (Å²) in [5.41, 5.74) is 5.69. The molecule has 49 heavy (non-hydrogen) atoms. The van der Waals surface area contributed by atoms with Crippen LogP contribution in [0.4, 0.5) is 17.1 Å². The van der Waals surface area contributed by atoms with Crippen molar-refractivity contribution in [3.8, 4) is 10.6 Å². The third kappa shape index (κ3) is 4.32. The summed E-state index contributed by atoms with van der Waals surface area (Å²) >= 11 is 7.40. The van der Waals surface area contributed by atoms with Crippen molar-refractivity contribution in [2.24, 2.45) is 0 Å². The molecule has 0 bridgehead atoms. The summed E-state index contributed by atoms with van der Waals surface area (Å²) in [6.45, 7) is 0. The fourth-order valence-electron chi connectivity index (χ4n) is 7.23. The third-order valence-corrected chi connectivity index (χ3v) is 14.0. The van der Waals surface area contributed by atoms with Crippen LogP contribution in [0.15, 0.2) is 146 Å². The lowest BCUT2D eigenvalue weighted by Gasteiger charge is -2.26. The zero-order valence-corrected chi connectivity index (χ0v) is 29.1. The number of thiazole rings is 1. The highest BCUT2D eigenvalue weighted by molar-refractivity contribution is 7.28. The summed E-state index contributed by atoms with van der Waals surface area (Å²) < 4.78 is 9.10. The van der Waals surface area contributed by atoms with Crippen molar-refractivity contribution in [1.82, 2.24) is 4.98 Å². The lowest BCUT2D eigenvalue weighted by molar-refractivity contribution is 1.30. The molecule has 4 aromatic heterocycles. The van der Waals surface area contributed by atoms with Gasteiger partial charge in [-0.1, -0.05) is 72.8 Å². The number of benzene rings is 7. The molecule has 0 saturated carbocycles. The van der Waals surface area contributed by atoms with Gasteiger partial charge in [-0.25, -0.2) is 4.98 Å². The summed E-state index contributed by atoms with van der Waals surface area (Å²) in [7, 11) is 0. The molecule has 230 valence electrons. The van der Waals surface area contributed by atoms with Crippen molar-refractivity contribution in [1.29, 1.82) is 0 Å². The standard InChI is InChI=1S/C43H24N2S4/c1-2-8-25(9-3-1)43-44-34-18-21-39-41(42(34)49-43)33-23-27(16-20-38(33)47-39)45(26-15-19-37-32(22-26)30-11-5-7-13-36(30)46-37)28-14-17-31-29-10-4-6-12-35(29)48-40(31)24-28/h1-24H. The normalized spacial score (nSPS) is 12.1. The van der Waals surface area contributed by atoms with E-state index in [4.69, 9.17) is 4.98 Å². The zero-order chi connectivity index (χ0) is 32.1. The molecule has 11 aromatic rings. The molecule has 0 N–H and O–H groups in total. The van der Waals surface area contributed by atoms with E-state index >= 15 is 0 Å². The molecule has 0 radical (unpaired) electrons. The molecule has 2 nitrogen and oxygen atoms in total. The van der Waals surface area contributed by atoms with E-state index in [0.717, 1.165) is 33.1 Å². The summed E-state index contributed by atoms with van der Waals surface area (Å²) in [6, 6.07) is 53.4. The van der Waals surface area contributed by atoms with Crippen LogP contribution < -0.4 is 4.90 Å². The second-order valence-corrected chi connectivity index (χ2v) is 16.6. The number of fused-ring (bicyclic) bond motifs is 11. The van der Waals surface area contributed by atoms with Gasteiger partial charge in [0.1, 0.15) is 5.01 Å². The fourth-order valence-corrected chi connectivity index (χ4v) is 11.7. The van der Waals surface area contributed by atoms with E-state index in [1.165, 1.54) is 65.2 Å². The first-order chi connectivity index (χ1) is 24.2. The minimum absolute atomic E-state index is 1.06. The van der Waals surface area contributed by atoms with Crippen LogP contribution in [0.3, 0.4) is 0 Å². The monoisotopic (exact) mass is 696 g/mol. The Bertz CT molecular complexity index is 3070. The van der Waals surface area contributed by atoms with Crippen molar-refractivity contribution in [3.63, 3.8) is 0 Å². The Morgan fingerprint density at radius 3 is 1.73 bits per heavy atom. The van der Waals surface area contributed by atoms with Crippen molar-refractivity contribution in [2.45, 2.75) is 0 Å². The number of rotatable bonds is 4. The van der Waals surface area contributed by atoms with Crippen LogP contribution in [0.2, 0.25) is 0 Å². The first kappa shape index (κ1) is 27.8. The van der Waals surface area contributed by atoms with E-state index in [9.17, 15) is 0 Å². The predicted octanol–water partition coefficient (Wildman–Crippen LogP) is 14.5. The minimum Gasteiger partial charge on any atom is -0.310 e. The van der Waals surface area contributed by atoms with Gasteiger partial charge in [-0.05, 0) is 72.8 Å². The van der Waals surface area contributed by atoms with Gasteiger partial charge in [0.2, 0.25) is 0 Å². The molecular weight excluding hydrogens is 673 g/mol. The van der Waals surface area contributed by atoms with E-state index in [-0.39, 0.29) is 0 Å². The smallest absolute Gasteiger partial charge is 0.124 e. The van der Waals surface area contributed by atoms with Crippen LogP contribution >= 0.6 is 45.3 Å². The lowest BCUT2D eigenvalue weighted by Crippen LogP contribution is -2.09. The molecule has 0 fully saturated rings. The first-order valence-electron chi connectivity index (χ1n) is 16.2. The molecule has 6 heteroatoms. The molecule has 0 atom stereocenters. The average molecular weight is 697 g/mol. The minimum atomic E-state index is 1.06. The largest absolute Gasteiger partial charge is 0.310 e.